The van der Waals surface area contributed by atoms with Crippen LogP contribution < -0.4 is 5.32 Å². The minimum atomic E-state index is -0.173. The highest BCUT2D eigenvalue weighted by Crippen LogP contribution is 2.33. The predicted octanol–water partition coefficient (Wildman–Crippen LogP) is 4.14. The van der Waals surface area contributed by atoms with Gasteiger partial charge in [0.05, 0.1) is 0 Å². The van der Waals surface area contributed by atoms with Crippen molar-refractivity contribution in [2.45, 2.75) is 43.3 Å². The van der Waals surface area contributed by atoms with Gasteiger partial charge < -0.3 is 5.32 Å². The topological polar surface area (TPSA) is 37.8 Å². The molecule has 0 amide bonds. The summed E-state index contributed by atoms with van der Waals surface area (Å²) >= 11 is 1.47. The van der Waals surface area contributed by atoms with Crippen LogP contribution in [-0.4, -0.2) is 16.5 Å². The Hall–Kier alpha value is -1.46. The van der Waals surface area contributed by atoms with Crippen LogP contribution in [0.1, 0.15) is 37.4 Å². The molecule has 0 saturated carbocycles. The van der Waals surface area contributed by atoms with Gasteiger partial charge in [0.1, 0.15) is 5.82 Å². The summed E-state index contributed by atoms with van der Waals surface area (Å²) in [6.07, 6.45) is 4.47. The number of aromatic nitrogens is 2. The van der Waals surface area contributed by atoms with Gasteiger partial charge in [-0.05, 0) is 67.9 Å². The Balaban J connectivity index is 2.31. The number of nitrogens with zero attached hydrogens (tertiary/aromatic N) is 2. The fraction of sp³-hybridized carbons (Fsp3) is 0.375. The smallest absolute Gasteiger partial charge is 0.192 e. The zero-order valence-corrected chi connectivity index (χ0v) is 13.4. The molecule has 2 rings (SSSR count). The molecule has 5 heteroatoms. The molecule has 0 bridgehead atoms. The standard InChI is InChI=1S/C16H20FN3S/c1-4-6-18-12(3)13-10-14(17)11(2)9-15(13)21-16-19-7-5-8-20-16/h5,7-10,12,18H,4,6H2,1-3H3. The maximum Gasteiger partial charge on any atom is 0.192 e. The minimum Gasteiger partial charge on any atom is -0.310 e. The van der Waals surface area contributed by atoms with Gasteiger partial charge in [0.2, 0.25) is 0 Å². The van der Waals surface area contributed by atoms with E-state index in [9.17, 15) is 4.39 Å². The normalized spacial score (nSPS) is 12.4. The van der Waals surface area contributed by atoms with Crippen LogP contribution in [0.3, 0.4) is 0 Å². The maximum absolute atomic E-state index is 13.9. The Morgan fingerprint density at radius 1 is 1.29 bits per heavy atom. The number of hydrogen-bond acceptors (Lipinski definition) is 4. The summed E-state index contributed by atoms with van der Waals surface area (Å²) in [6, 6.07) is 5.36. The molecule has 3 nitrogen and oxygen atoms in total. The number of aryl methyl sites for hydroxylation is 1. The van der Waals surface area contributed by atoms with Gasteiger partial charge in [0, 0.05) is 23.3 Å². The van der Waals surface area contributed by atoms with Crippen LogP contribution in [0.2, 0.25) is 0 Å². The zero-order valence-electron chi connectivity index (χ0n) is 12.6. The van der Waals surface area contributed by atoms with E-state index in [4.69, 9.17) is 0 Å². The molecule has 0 radical (unpaired) electrons. The van der Waals surface area contributed by atoms with Crippen LogP contribution in [0.25, 0.3) is 0 Å². The molecule has 112 valence electrons. The first-order valence-electron chi connectivity index (χ1n) is 7.10. The van der Waals surface area contributed by atoms with E-state index in [2.05, 4.69) is 29.1 Å². The first kappa shape index (κ1) is 15.9. The van der Waals surface area contributed by atoms with Crippen LogP contribution in [-0.2, 0) is 0 Å². The molecule has 1 unspecified atom stereocenters. The number of nitrogens with one attached hydrogen (secondary N) is 1. The summed E-state index contributed by atoms with van der Waals surface area (Å²) in [6.45, 7) is 6.85. The van der Waals surface area contributed by atoms with Crippen molar-refractivity contribution in [3.8, 4) is 0 Å². The van der Waals surface area contributed by atoms with Crippen molar-refractivity contribution in [1.29, 1.82) is 0 Å². The van der Waals surface area contributed by atoms with Crippen molar-refractivity contribution < 1.29 is 4.39 Å². The second-order valence-electron chi connectivity index (χ2n) is 4.95. The lowest BCUT2D eigenvalue weighted by molar-refractivity contribution is 0.552. The lowest BCUT2D eigenvalue weighted by Gasteiger charge is -2.18. The molecule has 2 aromatic rings. The second-order valence-corrected chi connectivity index (χ2v) is 5.96. The average molecular weight is 305 g/mol. The van der Waals surface area contributed by atoms with Crippen molar-refractivity contribution in [2.24, 2.45) is 0 Å². The Kier molecular flexibility index (Phi) is 5.70. The molecule has 1 aromatic carbocycles. The maximum atomic E-state index is 13.9. The number of hydrogen-bond donors (Lipinski definition) is 1. The van der Waals surface area contributed by atoms with Crippen molar-refractivity contribution in [3.05, 3.63) is 47.5 Å². The van der Waals surface area contributed by atoms with Gasteiger partial charge in [0.25, 0.3) is 0 Å². The monoisotopic (exact) mass is 305 g/mol. The van der Waals surface area contributed by atoms with Crippen molar-refractivity contribution in [1.82, 2.24) is 15.3 Å². The van der Waals surface area contributed by atoms with Gasteiger partial charge in [-0.2, -0.15) is 0 Å². The van der Waals surface area contributed by atoms with Gasteiger partial charge in [-0.1, -0.05) is 6.92 Å². The summed E-state index contributed by atoms with van der Waals surface area (Å²) in [5.74, 6) is -0.173. The SMILES string of the molecule is CCCNC(C)c1cc(F)c(C)cc1Sc1ncccn1. The highest BCUT2D eigenvalue weighted by molar-refractivity contribution is 7.99. The summed E-state index contributed by atoms with van der Waals surface area (Å²) in [4.78, 5) is 9.45. The van der Waals surface area contributed by atoms with Gasteiger partial charge in [-0.25, -0.2) is 14.4 Å². The average Bonchev–Trinajstić information content (AvgIpc) is 2.49. The summed E-state index contributed by atoms with van der Waals surface area (Å²) < 4.78 is 13.9. The molecule has 0 fully saturated rings. The second kappa shape index (κ2) is 7.52. The predicted molar refractivity (Wildman–Crippen MR) is 84.0 cm³/mol. The van der Waals surface area contributed by atoms with Crippen LogP contribution >= 0.6 is 11.8 Å². The quantitative estimate of drug-likeness (QED) is 0.814. The van der Waals surface area contributed by atoms with E-state index in [0.29, 0.717) is 10.7 Å². The zero-order chi connectivity index (χ0) is 15.2. The highest BCUT2D eigenvalue weighted by atomic mass is 32.2. The fourth-order valence-corrected chi connectivity index (χ4v) is 3.02. The molecule has 1 N–H and O–H groups in total. The number of halogens is 1. The van der Waals surface area contributed by atoms with E-state index in [1.54, 1.807) is 31.5 Å². The molecule has 0 saturated heterocycles. The molecule has 1 aromatic heterocycles. The Morgan fingerprint density at radius 3 is 2.67 bits per heavy atom. The van der Waals surface area contributed by atoms with E-state index in [1.165, 1.54) is 11.8 Å². The molecule has 21 heavy (non-hydrogen) atoms. The Bertz CT molecular complexity index is 590. The van der Waals surface area contributed by atoms with E-state index in [0.717, 1.165) is 23.4 Å². The summed E-state index contributed by atoms with van der Waals surface area (Å²) in [5.41, 5.74) is 1.59. The van der Waals surface area contributed by atoms with E-state index in [-0.39, 0.29) is 11.9 Å². The molecule has 1 heterocycles. The van der Waals surface area contributed by atoms with Crippen molar-refractivity contribution in [3.63, 3.8) is 0 Å². The van der Waals surface area contributed by atoms with Crippen LogP contribution in [0.4, 0.5) is 4.39 Å². The van der Waals surface area contributed by atoms with Crippen LogP contribution in [0, 0.1) is 12.7 Å². The fourth-order valence-electron chi connectivity index (χ4n) is 2.00. The molecule has 1 atom stereocenters. The molecular weight excluding hydrogens is 285 g/mol. The molecule has 0 aliphatic rings. The lowest BCUT2D eigenvalue weighted by atomic mass is 10.1. The van der Waals surface area contributed by atoms with Gasteiger partial charge in [-0.15, -0.1) is 0 Å². The van der Waals surface area contributed by atoms with Gasteiger partial charge in [-0.3, -0.25) is 0 Å². The first-order chi connectivity index (χ1) is 10.1. The highest BCUT2D eigenvalue weighted by Gasteiger charge is 2.15. The number of rotatable bonds is 6. The van der Waals surface area contributed by atoms with Gasteiger partial charge in [0.15, 0.2) is 5.16 Å². The van der Waals surface area contributed by atoms with Crippen LogP contribution in [0.5, 0.6) is 0 Å². The summed E-state index contributed by atoms with van der Waals surface area (Å²) in [7, 11) is 0. The largest absolute Gasteiger partial charge is 0.310 e. The third-order valence-electron chi connectivity index (χ3n) is 3.20. The minimum absolute atomic E-state index is 0.0891. The van der Waals surface area contributed by atoms with Crippen molar-refractivity contribution >= 4 is 11.8 Å². The summed E-state index contributed by atoms with van der Waals surface area (Å²) in [5, 5.41) is 4.07. The first-order valence-corrected chi connectivity index (χ1v) is 7.91. The molecule has 0 aliphatic carbocycles. The molecule has 0 aliphatic heterocycles. The third-order valence-corrected chi connectivity index (χ3v) is 4.17. The van der Waals surface area contributed by atoms with E-state index in [1.807, 2.05) is 6.07 Å². The van der Waals surface area contributed by atoms with Crippen molar-refractivity contribution in [2.75, 3.05) is 6.54 Å². The third kappa shape index (κ3) is 4.25. The van der Waals surface area contributed by atoms with E-state index >= 15 is 0 Å². The molecule has 0 spiro atoms. The van der Waals surface area contributed by atoms with Gasteiger partial charge >= 0.3 is 0 Å². The number of benzene rings is 1. The Labute approximate surface area is 129 Å². The Morgan fingerprint density at radius 2 is 2.00 bits per heavy atom. The van der Waals surface area contributed by atoms with E-state index < -0.39 is 0 Å². The molecular formula is C16H20FN3S. The lowest BCUT2D eigenvalue weighted by Crippen LogP contribution is -2.20. The van der Waals surface area contributed by atoms with Crippen LogP contribution in [0.15, 0.2) is 40.6 Å².